The molecule has 1 aromatic heterocycles. The molecule has 2 aliphatic heterocycles. The first-order valence-corrected chi connectivity index (χ1v) is 9.24. The number of carboxylic acid groups (broad SMARTS) is 1. The minimum atomic E-state index is -4.25. The number of hydrogen-bond donors (Lipinski definition) is 3. The summed E-state index contributed by atoms with van der Waals surface area (Å²) >= 11 is 0. The average molecular weight is 396 g/mol. The summed E-state index contributed by atoms with van der Waals surface area (Å²) < 4.78 is 28.8. The van der Waals surface area contributed by atoms with Crippen LogP contribution in [0.2, 0.25) is 0 Å². The molecule has 0 aromatic carbocycles. The smallest absolute Gasteiger partial charge is 0.421 e. The summed E-state index contributed by atoms with van der Waals surface area (Å²) in [7, 11) is -4.25. The molecule has 1 aromatic rings. The minimum absolute atomic E-state index is 0.0908. The lowest BCUT2D eigenvalue weighted by Gasteiger charge is -2.37. The van der Waals surface area contributed by atoms with Crippen molar-refractivity contribution in [2.24, 2.45) is 5.84 Å². The second kappa shape index (κ2) is 6.32. The number of pyridine rings is 1. The summed E-state index contributed by atoms with van der Waals surface area (Å²) in [6.07, 6.45) is 1.65. The van der Waals surface area contributed by atoms with Crippen molar-refractivity contribution in [3.8, 4) is 0 Å². The number of carbonyl (C=O) groups excluding carboxylic acids is 2. The Labute approximate surface area is 153 Å². The van der Waals surface area contributed by atoms with Gasteiger partial charge in [-0.1, -0.05) is 6.07 Å². The van der Waals surface area contributed by atoms with Gasteiger partial charge in [-0.2, -0.15) is 0 Å². The topological polar surface area (TPSA) is 169 Å². The zero-order valence-electron chi connectivity index (χ0n) is 14.0. The van der Waals surface area contributed by atoms with E-state index in [0.717, 1.165) is 11.8 Å². The number of fused-ring (bicyclic) bond motifs is 1. The van der Waals surface area contributed by atoms with Crippen LogP contribution in [-0.4, -0.2) is 64.1 Å². The Morgan fingerprint density at radius 2 is 2.19 bits per heavy atom. The van der Waals surface area contributed by atoms with Crippen molar-refractivity contribution < 1.29 is 32.6 Å². The Balaban J connectivity index is 2.04. The number of aliphatic carboxylic acids is 1. The first kappa shape index (κ1) is 18.8. The fourth-order valence-corrected chi connectivity index (χ4v) is 5.54. The molecule has 0 spiro atoms. The first-order chi connectivity index (χ1) is 12.6. The Morgan fingerprint density at radius 3 is 2.74 bits per heavy atom. The molecule has 2 saturated heterocycles. The van der Waals surface area contributed by atoms with Crippen LogP contribution in [0.15, 0.2) is 30.0 Å². The fourth-order valence-electron chi connectivity index (χ4n) is 3.26. The van der Waals surface area contributed by atoms with Gasteiger partial charge in [0, 0.05) is 6.20 Å². The number of nitrogens with two attached hydrogens (primary N) is 1. The molecule has 0 bridgehead atoms. The number of carboxylic acids is 1. The molecule has 3 rings (SSSR count). The predicted octanol–water partition coefficient (Wildman–Crippen LogP) is -1.13. The van der Waals surface area contributed by atoms with E-state index in [1.807, 2.05) is 0 Å². The van der Waals surface area contributed by atoms with Crippen molar-refractivity contribution >= 4 is 33.9 Å². The minimum Gasteiger partial charge on any atom is -0.480 e. The number of carbonyl (C=O) groups is 3. The molecule has 2 amide bonds. The SMILES string of the molecule is CC1(COC(=O)NN)[C@H](C(=O)O)N2C(=O)/C(=C/c3ccccn3)C2S1(=O)=O. The standard InChI is InChI=1S/C15H16N4O7S/c1-15(7-26-14(23)18-16)10(13(21)22)19-11(20)9(12(19)27(15,24)25)6-8-4-2-3-5-17-8/h2-6,10,12H,7,16H2,1H3,(H,18,23)(H,21,22)/b9-6-/t10-,12?,15?/m0/s1. The molecular weight excluding hydrogens is 380 g/mol. The second-order valence-corrected chi connectivity index (χ2v) is 8.71. The van der Waals surface area contributed by atoms with Crippen LogP contribution < -0.4 is 11.3 Å². The van der Waals surface area contributed by atoms with Gasteiger partial charge in [-0.3, -0.25) is 15.2 Å². The van der Waals surface area contributed by atoms with Gasteiger partial charge in [0.1, 0.15) is 11.4 Å². The van der Waals surface area contributed by atoms with E-state index < -0.39 is 50.6 Å². The maximum absolute atomic E-state index is 13.1. The lowest BCUT2D eigenvalue weighted by atomic mass is 9.94. The van der Waals surface area contributed by atoms with Gasteiger partial charge in [0.05, 0.1) is 11.3 Å². The molecule has 2 unspecified atom stereocenters. The van der Waals surface area contributed by atoms with E-state index in [4.69, 9.17) is 10.6 Å². The molecule has 3 heterocycles. The quantitative estimate of drug-likeness (QED) is 0.187. The highest BCUT2D eigenvalue weighted by molar-refractivity contribution is 7.94. The zero-order valence-corrected chi connectivity index (χ0v) is 14.8. The van der Waals surface area contributed by atoms with Crippen molar-refractivity contribution in [1.29, 1.82) is 0 Å². The van der Waals surface area contributed by atoms with Crippen LogP contribution in [0.5, 0.6) is 0 Å². The van der Waals surface area contributed by atoms with Crippen molar-refractivity contribution in [3.05, 3.63) is 35.7 Å². The van der Waals surface area contributed by atoms with E-state index >= 15 is 0 Å². The molecule has 12 heteroatoms. The van der Waals surface area contributed by atoms with Crippen LogP contribution in [-0.2, 0) is 24.2 Å². The molecule has 4 N–H and O–H groups in total. The first-order valence-electron chi connectivity index (χ1n) is 7.70. The maximum Gasteiger partial charge on any atom is 0.421 e. The number of nitrogens with one attached hydrogen (secondary N) is 1. The number of nitrogens with zero attached hydrogens (tertiary/aromatic N) is 2. The lowest BCUT2D eigenvalue weighted by molar-refractivity contribution is -0.153. The van der Waals surface area contributed by atoms with Gasteiger partial charge in [0.15, 0.2) is 21.3 Å². The molecule has 0 aliphatic carbocycles. The Hall–Kier alpha value is -2.99. The summed E-state index contributed by atoms with van der Waals surface area (Å²) in [4.78, 5) is 40.3. The highest BCUT2D eigenvalue weighted by Gasteiger charge is 2.72. The van der Waals surface area contributed by atoms with Gasteiger partial charge >= 0.3 is 12.1 Å². The second-order valence-electron chi connectivity index (χ2n) is 6.24. The number of amides is 2. The van der Waals surface area contributed by atoms with Gasteiger partial charge < -0.3 is 14.7 Å². The van der Waals surface area contributed by atoms with Crippen molar-refractivity contribution in [3.63, 3.8) is 0 Å². The molecule has 0 radical (unpaired) electrons. The third-order valence-electron chi connectivity index (χ3n) is 4.63. The van der Waals surface area contributed by atoms with Crippen molar-refractivity contribution in [1.82, 2.24) is 15.3 Å². The van der Waals surface area contributed by atoms with E-state index in [1.54, 1.807) is 23.6 Å². The fraction of sp³-hybridized carbons (Fsp3) is 0.333. The van der Waals surface area contributed by atoms with Crippen LogP contribution in [0.1, 0.15) is 12.6 Å². The maximum atomic E-state index is 13.1. The molecule has 0 saturated carbocycles. The van der Waals surface area contributed by atoms with E-state index in [1.165, 1.54) is 12.3 Å². The Morgan fingerprint density at radius 1 is 1.48 bits per heavy atom. The van der Waals surface area contributed by atoms with Crippen LogP contribution >= 0.6 is 0 Å². The van der Waals surface area contributed by atoms with Crippen LogP contribution in [0, 0.1) is 0 Å². The van der Waals surface area contributed by atoms with Gasteiger partial charge in [-0.25, -0.2) is 23.8 Å². The van der Waals surface area contributed by atoms with Gasteiger partial charge in [-0.15, -0.1) is 0 Å². The lowest BCUT2D eigenvalue weighted by Crippen LogP contribution is -2.59. The summed E-state index contributed by atoms with van der Waals surface area (Å²) in [6.45, 7) is 0.335. The van der Waals surface area contributed by atoms with Gasteiger partial charge in [-0.05, 0) is 25.1 Å². The zero-order chi connectivity index (χ0) is 20.0. The van der Waals surface area contributed by atoms with Crippen LogP contribution in [0.3, 0.4) is 0 Å². The predicted molar refractivity (Wildman–Crippen MR) is 90.3 cm³/mol. The number of β-lactam (4-membered cyclic amide) rings is 1. The third kappa shape index (κ3) is 2.64. The summed E-state index contributed by atoms with van der Waals surface area (Å²) in [5.41, 5.74) is 1.93. The number of ether oxygens (including phenoxy) is 1. The molecule has 3 atom stereocenters. The highest BCUT2D eigenvalue weighted by atomic mass is 32.2. The summed E-state index contributed by atoms with van der Waals surface area (Å²) in [5.74, 6) is 2.64. The molecule has 2 aliphatic rings. The van der Waals surface area contributed by atoms with E-state index in [9.17, 15) is 27.9 Å². The van der Waals surface area contributed by atoms with Crippen molar-refractivity contribution in [2.45, 2.75) is 23.1 Å². The van der Waals surface area contributed by atoms with Gasteiger partial charge in [0.25, 0.3) is 5.91 Å². The summed E-state index contributed by atoms with van der Waals surface area (Å²) in [5, 5.41) is 8.09. The monoisotopic (exact) mass is 396 g/mol. The average Bonchev–Trinajstić information content (AvgIpc) is 2.80. The Bertz CT molecular complexity index is 946. The van der Waals surface area contributed by atoms with E-state index in [0.29, 0.717) is 5.69 Å². The number of hydrazine groups is 1. The van der Waals surface area contributed by atoms with Crippen LogP contribution in [0.25, 0.3) is 6.08 Å². The number of rotatable bonds is 4. The third-order valence-corrected chi connectivity index (χ3v) is 7.34. The van der Waals surface area contributed by atoms with E-state index in [2.05, 4.69) is 4.98 Å². The number of aromatic nitrogens is 1. The number of hydrogen-bond acceptors (Lipinski definition) is 8. The van der Waals surface area contributed by atoms with Crippen molar-refractivity contribution in [2.75, 3.05) is 6.61 Å². The molecular formula is C15H16N4O7S. The highest BCUT2D eigenvalue weighted by Crippen LogP contribution is 2.49. The molecule has 11 nitrogen and oxygen atoms in total. The summed E-state index contributed by atoms with van der Waals surface area (Å²) in [6, 6.07) is 3.17. The normalized spacial score (nSPS) is 29.8. The molecule has 144 valence electrons. The number of sulfone groups is 1. The van der Waals surface area contributed by atoms with Crippen LogP contribution in [0.4, 0.5) is 4.79 Å². The van der Waals surface area contributed by atoms with E-state index in [-0.39, 0.29) is 5.57 Å². The Kier molecular flexibility index (Phi) is 4.40. The molecule has 27 heavy (non-hydrogen) atoms. The van der Waals surface area contributed by atoms with Gasteiger partial charge in [0.2, 0.25) is 0 Å². The largest absolute Gasteiger partial charge is 0.480 e. The molecule has 2 fully saturated rings.